The van der Waals surface area contributed by atoms with Crippen molar-refractivity contribution in [2.75, 3.05) is 7.11 Å². The minimum absolute atomic E-state index is 0.161. The average molecular weight is 502 g/mol. The maximum absolute atomic E-state index is 13.8. The molecule has 1 aliphatic carbocycles. The molecule has 0 amide bonds. The van der Waals surface area contributed by atoms with Crippen molar-refractivity contribution in [2.24, 2.45) is 0 Å². The number of hydrogen-bond donors (Lipinski definition) is 2. The minimum atomic E-state index is -3.48. The second kappa shape index (κ2) is 10.6. The van der Waals surface area contributed by atoms with E-state index < -0.39 is 30.6 Å². The van der Waals surface area contributed by atoms with Gasteiger partial charge in [0.15, 0.2) is 0 Å². The molecule has 2 N–H and O–H groups in total. The molecule has 3 rings (SSSR count). The standard InChI is InChI=1S/C27H33FNO5P/c1-6-27(25(30)31,35(33)34-5)26(4,32)23-21(18-12-14-20(28)15-13-18)16-22(29-24(23)17(2)3)19-10-8-7-9-11-19/h1,12-17,19,32,35H,7-11H2,2-5H3,(H,30,31). The highest BCUT2D eigenvalue weighted by molar-refractivity contribution is 7.43. The summed E-state index contributed by atoms with van der Waals surface area (Å²) < 4.78 is 31.8. The Balaban J connectivity index is 2.43. The monoisotopic (exact) mass is 501 g/mol. The van der Waals surface area contributed by atoms with E-state index >= 15 is 0 Å². The second-order valence-electron chi connectivity index (χ2n) is 9.61. The number of aromatic nitrogens is 1. The highest BCUT2D eigenvalue weighted by Crippen LogP contribution is 2.54. The molecule has 1 aromatic carbocycles. The summed E-state index contributed by atoms with van der Waals surface area (Å²) >= 11 is 0. The Morgan fingerprint density at radius 1 is 1.26 bits per heavy atom. The van der Waals surface area contributed by atoms with E-state index in [1.165, 1.54) is 25.5 Å². The van der Waals surface area contributed by atoms with Gasteiger partial charge in [0.05, 0.1) is 0 Å². The van der Waals surface area contributed by atoms with Crippen LogP contribution in [0.5, 0.6) is 0 Å². The number of carboxylic acids is 1. The summed E-state index contributed by atoms with van der Waals surface area (Å²) in [7, 11) is -2.38. The number of nitrogens with zero attached hydrogens (tertiary/aromatic N) is 1. The van der Waals surface area contributed by atoms with Crippen molar-refractivity contribution >= 4 is 14.0 Å². The number of terminal acetylenes is 1. The van der Waals surface area contributed by atoms with E-state index in [0.717, 1.165) is 38.5 Å². The molecule has 0 bridgehead atoms. The lowest BCUT2D eigenvalue weighted by molar-refractivity contribution is -0.145. The molecular formula is C27H33FNO5P. The molecule has 188 valence electrons. The maximum Gasteiger partial charge on any atom is 0.335 e. The van der Waals surface area contributed by atoms with Gasteiger partial charge in [-0.3, -0.25) is 9.55 Å². The molecule has 1 aliphatic rings. The number of pyridine rings is 1. The molecule has 0 aliphatic heterocycles. The van der Waals surface area contributed by atoms with Crippen LogP contribution in [0.4, 0.5) is 4.39 Å². The van der Waals surface area contributed by atoms with Crippen LogP contribution in [0.25, 0.3) is 11.1 Å². The lowest BCUT2D eigenvalue weighted by atomic mass is 9.75. The molecule has 1 saturated carbocycles. The van der Waals surface area contributed by atoms with E-state index in [-0.39, 0.29) is 17.4 Å². The molecule has 0 saturated heterocycles. The fraction of sp³-hybridized carbons (Fsp3) is 0.481. The van der Waals surface area contributed by atoms with Crippen LogP contribution in [0.2, 0.25) is 0 Å². The summed E-state index contributed by atoms with van der Waals surface area (Å²) in [6.45, 7) is 5.02. The number of carbonyl (C=O) groups is 1. The van der Waals surface area contributed by atoms with E-state index in [1.807, 2.05) is 19.9 Å². The Kier molecular flexibility index (Phi) is 8.21. The Hall–Kier alpha value is -2.52. The first-order valence-electron chi connectivity index (χ1n) is 11.8. The first kappa shape index (κ1) is 27.1. The lowest BCUT2D eigenvalue weighted by Gasteiger charge is -2.40. The molecule has 1 fully saturated rings. The summed E-state index contributed by atoms with van der Waals surface area (Å²) in [5.41, 5.74) is 0.186. The number of halogens is 1. The molecule has 0 radical (unpaired) electrons. The van der Waals surface area contributed by atoms with E-state index in [9.17, 15) is 24.0 Å². The Morgan fingerprint density at radius 3 is 2.34 bits per heavy atom. The first-order chi connectivity index (χ1) is 16.5. The average Bonchev–Trinajstić information content (AvgIpc) is 2.84. The molecule has 8 heteroatoms. The predicted molar refractivity (Wildman–Crippen MR) is 134 cm³/mol. The highest BCUT2D eigenvalue weighted by Gasteiger charge is 2.60. The van der Waals surface area contributed by atoms with Gasteiger partial charge in [-0.25, -0.2) is 9.18 Å². The largest absolute Gasteiger partial charge is 0.480 e. The number of aliphatic carboxylic acids is 1. The van der Waals surface area contributed by atoms with Crippen LogP contribution in [0, 0.1) is 18.2 Å². The van der Waals surface area contributed by atoms with Crippen molar-refractivity contribution < 1.29 is 28.5 Å². The van der Waals surface area contributed by atoms with Crippen molar-refractivity contribution in [1.29, 1.82) is 0 Å². The molecule has 6 nitrogen and oxygen atoms in total. The first-order valence-corrected chi connectivity index (χ1v) is 13.2. The summed E-state index contributed by atoms with van der Waals surface area (Å²) in [6.07, 6.45) is 11.0. The van der Waals surface area contributed by atoms with Crippen LogP contribution in [0.1, 0.15) is 81.7 Å². The van der Waals surface area contributed by atoms with Gasteiger partial charge in [-0.1, -0.05) is 51.2 Å². The Morgan fingerprint density at radius 2 is 1.86 bits per heavy atom. The molecule has 35 heavy (non-hydrogen) atoms. The predicted octanol–water partition coefficient (Wildman–Crippen LogP) is 5.84. The van der Waals surface area contributed by atoms with E-state index in [1.54, 1.807) is 12.1 Å². The van der Waals surface area contributed by atoms with Crippen molar-refractivity contribution in [3.8, 4) is 23.5 Å². The van der Waals surface area contributed by atoms with Crippen LogP contribution < -0.4 is 0 Å². The third kappa shape index (κ3) is 4.80. The summed E-state index contributed by atoms with van der Waals surface area (Å²) in [4.78, 5) is 17.5. The fourth-order valence-corrected chi connectivity index (χ4v) is 6.20. The van der Waals surface area contributed by atoms with Gasteiger partial charge in [0, 0.05) is 30.0 Å². The summed E-state index contributed by atoms with van der Waals surface area (Å²) in [6, 6.07) is 7.57. The van der Waals surface area contributed by atoms with Gasteiger partial charge in [0.2, 0.25) is 13.2 Å². The van der Waals surface area contributed by atoms with Crippen LogP contribution in [-0.2, 0) is 19.5 Å². The van der Waals surface area contributed by atoms with E-state index in [4.69, 9.17) is 15.9 Å². The molecular weight excluding hydrogens is 468 g/mol. The zero-order valence-electron chi connectivity index (χ0n) is 20.6. The van der Waals surface area contributed by atoms with Crippen LogP contribution in [0.3, 0.4) is 0 Å². The van der Waals surface area contributed by atoms with Crippen LogP contribution in [-0.4, -0.2) is 33.4 Å². The van der Waals surface area contributed by atoms with Crippen molar-refractivity contribution in [2.45, 2.75) is 75.5 Å². The lowest BCUT2D eigenvalue weighted by Crippen LogP contribution is -2.53. The molecule has 3 unspecified atom stereocenters. The van der Waals surface area contributed by atoms with Gasteiger partial charge in [-0.15, -0.1) is 6.42 Å². The molecule has 1 aromatic heterocycles. The van der Waals surface area contributed by atoms with E-state index in [2.05, 4.69) is 5.92 Å². The fourth-order valence-electron chi connectivity index (χ4n) is 5.08. The molecule has 2 aromatic rings. The van der Waals surface area contributed by atoms with Gasteiger partial charge in [0.25, 0.3) is 0 Å². The number of rotatable bonds is 8. The Bertz CT molecular complexity index is 1150. The zero-order valence-corrected chi connectivity index (χ0v) is 21.6. The summed E-state index contributed by atoms with van der Waals surface area (Å²) in [5.74, 6) is 0.0330. The molecule has 3 atom stereocenters. The third-order valence-corrected chi connectivity index (χ3v) is 8.87. The van der Waals surface area contributed by atoms with Crippen molar-refractivity contribution in [3.63, 3.8) is 0 Å². The topological polar surface area (TPSA) is 96.7 Å². The van der Waals surface area contributed by atoms with Crippen molar-refractivity contribution in [3.05, 3.63) is 53.1 Å². The number of carboxylic acid groups (broad SMARTS) is 1. The van der Waals surface area contributed by atoms with Gasteiger partial charge in [-0.2, -0.15) is 0 Å². The zero-order chi connectivity index (χ0) is 26.0. The number of benzene rings is 1. The van der Waals surface area contributed by atoms with Crippen molar-refractivity contribution in [1.82, 2.24) is 4.98 Å². The van der Waals surface area contributed by atoms with Crippen LogP contribution >= 0.6 is 8.03 Å². The van der Waals surface area contributed by atoms with Crippen LogP contribution in [0.15, 0.2) is 30.3 Å². The Labute approximate surface area is 206 Å². The minimum Gasteiger partial charge on any atom is -0.480 e. The second-order valence-corrected chi connectivity index (χ2v) is 11.3. The summed E-state index contributed by atoms with van der Waals surface area (Å²) in [5, 5.41) is 19.6. The highest BCUT2D eigenvalue weighted by atomic mass is 31.1. The third-order valence-electron chi connectivity index (χ3n) is 7.04. The number of aliphatic hydroxyl groups is 1. The normalized spacial score (nSPS) is 18.9. The number of hydrogen-bond acceptors (Lipinski definition) is 5. The smallest absolute Gasteiger partial charge is 0.335 e. The van der Waals surface area contributed by atoms with Gasteiger partial charge < -0.3 is 14.7 Å². The molecule has 0 spiro atoms. The van der Waals surface area contributed by atoms with Gasteiger partial charge >= 0.3 is 5.97 Å². The maximum atomic E-state index is 13.8. The SMILES string of the molecule is C#CC(C(=O)O)([PH](=O)OC)C(C)(O)c1c(-c2ccc(F)cc2)cc(C2CCCCC2)nc1C(C)C. The molecule has 1 heterocycles. The van der Waals surface area contributed by atoms with Gasteiger partial charge in [-0.05, 0) is 55.0 Å². The van der Waals surface area contributed by atoms with E-state index in [0.29, 0.717) is 16.8 Å². The van der Waals surface area contributed by atoms with Gasteiger partial charge in [0.1, 0.15) is 11.4 Å². The quantitative estimate of drug-likeness (QED) is 0.348.